The van der Waals surface area contributed by atoms with Crippen molar-refractivity contribution in [3.05, 3.63) is 0 Å². The summed E-state index contributed by atoms with van der Waals surface area (Å²) in [6.07, 6.45) is 2.20. The van der Waals surface area contributed by atoms with Gasteiger partial charge in [0.15, 0.2) is 0 Å². The molecule has 7 heteroatoms. The summed E-state index contributed by atoms with van der Waals surface area (Å²) in [4.78, 5) is 20.9. The lowest BCUT2D eigenvalue weighted by Crippen LogP contribution is -2.39. The monoisotopic (exact) mass is 222 g/mol. The molecule has 0 aromatic carbocycles. The molecule has 0 heterocycles. The van der Waals surface area contributed by atoms with E-state index >= 15 is 0 Å². The fourth-order valence-corrected chi connectivity index (χ4v) is 1.25. The molecule has 0 aromatic rings. The molecule has 1 atom stereocenters. The Kier molecular flexibility index (Phi) is 6.73. The number of urea groups is 1. The van der Waals surface area contributed by atoms with E-state index in [0.29, 0.717) is 18.7 Å². The fraction of sp³-hybridized carbons (Fsp3) is 0.714. The second-order valence-electron chi connectivity index (χ2n) is 2.63. The molecule has 0 radical (unpaired) electrons. The first kappa shape index (κ1) is 12.9. The number of carbonyl (C=O) groups is 2. The summed E-state index contributed by atoms with van der Waals surface area (Å²) in [5.41, 5.74) is 0. The van der Waals surface area contributed by atoms with Crippen LogP contribution in [0.2, 0.25) is 0 Å². The van der Waals surface area contributed by atoms with Crippen LogP contribution < -0.4 is 10.6 Å². The first-order chi connectivity index (χ1) is 6.52. The number of hydrogen-bond donors (Lipinski definition) is 3. The number of aliphatic carboxylic acids is 1. The van der Waals surface area contributed by atoms with E-state index in [1.54, 1.807) is 6.26 Å². The Morgan fingerprint density at radius 3 is 2.50 bits per heavy atom. The lowest BCUT2D eigenvalue weighted by Gasteiger charge is -2.04. The Labute approximate surface area is 84.5 Å². The summed E-state index contributed by atoms with van der Waals surface area (Å²) < 4.78 is 10.6. The molecule has 0 bridgehead atoms. The second-order valence-corrected chi connectivity index (χ2v) is 4.19. The van der Waals surface area contributed by atoms with E-state index < -0.39 is 29.3 Å². The zero-order valence-corrected chi connectivity index (χ0v) is 8.73. The summed E-state index contributed by atoms with van der Waals surface area (Å²) in [5, 5.41) is 12.8. The van der Waals surface area contributed by atoms with Crippen LogP contribution in [0.25, 0.3) is 0 Å². The Morgan fingerprint density at radius 2 is 2.00 bits per heavy atom. The van der Waals surface area contributed by atoms with Gasteiger partial charge in [-0.05, 0) is 6.42 Å². The van der Waals surface area contributed by atoms with E-state index in [1.165, 1.54) is 0 Å². The molecular weight excluding hydrogens is 208 g/mol. The maximum atomic E-state index is 10.8. The summed E-state index contributed by atoms with van der Waals surface area (Å²) >= 11 is 0. The van der Waals surface area contributed by atoms with Gasteiger partial charge in [-0.25, -0.2) is 4.79 Å². The first-order valence-electron chi connectivity index (χ1n) is 4.06. The predicted molar refractivity (Wildman–Crippen MR) is 52.6 cm³/mol. The van der Waals surface area contributed by atoms with Gasteiger partial charge in [0.1, 0.15) is 6.54 Å². The van der Waals surface area contributed by atoms with E-state index in [4.69, 9.17) is 5.11 Å². The zero-order chi connectivity index (χ0) is 11.0. The van der Waals surface area contributed by atoms with Crippen molar-refractivity contribution in [1.82, 2.24) is 10.6 Å². The van der Waals surface area contributed by atoms with Crippen molar-refractivity contribution >= 4 is 22.8 Å². The number of carboxylic acids is 1. The van der Waals surface area contributed by atoms with Crippen LogP contribution in [-0.4, -0.2) is 46.4 Å². The summed E-state index contributed by atoms with van der Waals surface area (Å²) in [6.45, 7) is -0.00340. The van der Waals surface area contributed by atoms with Gasteiger partial charge in [0.2, 0.25) is 0 Å². The van der Waals surface area contributed by atoms with Gasteiger partial charge in [-0.15, -0.1) is 0 Å². The summed E-state index contributed by atoms with van der Waals surface area (Å²) in [7, 11) is -0.857. The largest absolute Gasteiger partial charge is 0.480 e. The molecule has 0 saturated heterocycles. The highest BCUT2D eigenvalue weighted by Crippen LogP contribution is 1.81. The maximum absolute atomic E-state index is 10.8. The van der Waals surface area contributed by atoms with Crippen LogP contribution in [0.15, 0.2) is 0 Å². The lowest BCUT2D eigenvalue weighted by molar-refractivity contribution is -0.135. The van der Waals surface area contributed by atoms with Crippen LogP contribution in [0, 0.1) is 0 Å². The van der Waals surface area contributed by atoms with Gasteiger partial charge >= 0.3 is 12.0 Å². The van der Waals surface area contributed by atoms with Gasteiger partial charge in [0, 0.05) is 29.4 Å². The highest BCUT2D eigenvalue weighted by atomic mass is 32.2. The summed E-state index contributed by atoms with van der Waals surface area (Å²) in [6, 6.07) is -0.519. The molecule has 0 fully saturated rings. The van der Waals surface area contributed by atoms with E-state index in [2.05, 4.69) is 10.6 Å². The lowest BCUT2D eigenvalue weighted by atomic mass is 10.5. The van der Waals surface area contributed by atoms with Crippen LogP contribution in [0.1, 0.15) is 6.42 Å². The molecule has 2 amide bonds. The third kappa shape index (κ3) is 8.98. The van der Waals surface area contributed by atoms with Gasteiger partial charge in [0.05, 0.1) is 0 Å². The van der Waals surface area contributed by atoms with Crippen molar-refractivity contribution in [2.24, 2.45) is 0 Å². The number of carboxylic acid groups (broad SMARTS) is 1. The fourth-order valence-electron chi connectivity index (χ4n) is 0.696. The Hall–Kier alpha value is -1.11. The van der Waals surface area contributed by atoms with Gasteiger partial charge < -0.3 is 15.7 Å². The van der Waals surface area contributed by atoms with E-state index in [1.807, 2.05) is 0 Å². The second kappa shape index (κ2) is 7.31. The smallest absolute Gasteiger partial charge is 0.323 e. The van der Waals surface area contributed by atoms with Crippen LogP contribution in [0.4, 0.5) is 4.79 Å². The minimum atomic E-state index is -1.09. The standard InChI is InChI=1S/C7H14N2O4S/c1-14(13)4-2-3-8-7(12)9-5-6(10)11/h2-5H2,1H3,(H,10,11)(H2,8,9,12). The summed E-state index contributed by atoms with van der Waals surface area (Å²) in [5.74, 6) is -0.561. The molecule has 82 valence electrons. The van der Waals surface area contributed by atoms with Crippen LogP contribution in [-0.2, 0) is 15.6 Å². The van der Waals surface area contributed by atoms with E-state index in [-0.39, 0.29) is 0 Å². The molecule has 6 nitrogen and oxygen atoms in total. The van der Waals surface area contributed by atoms with Crippen molar-refractivity contribution in [2.45, 2.75) is 6.42 Å². The third-order valence-electron chi connectivity index (χ3n) is 1.29. The maximum Gasteiger partial charge on any atom is 0.323 e. The van der Waals surface area contributed by atoms with Crippen molar-refractivity contribution < 1.29 is 18.9 Å². The Morgan fingerprint density at radius 1 is 1.36 bits per heavy atom. The van der Waals surface area contributed by atoms with Gasteiger partial charge in [-0.1, -0.05) is 0 Å². The van der Waals surface area contributed by atoms with Crippen LogP contribution >= 0.6 is 0 Å². The number of rotatable bonds is 6. The molecule has 0 spiro atoms. The Balaban J connectivity index is 3.36. The molecule has 1 unspecified atom stereocenters. The van der Waals surface area contributed by atoms with Gasteiger partial charge in [-0.3, -0.25) is 9.00 Å². The van der Waals surface area contributed by atoms with Crippen molar-refractivity contribution in [3.63, 3.8) is 0 Å². The van der Waals surface area contributed by atoms with Crippen molar-refractivity contribution in [3.8, 4) is 0 Å². The van der Waals surface area contributed by atoms with Crippen molar-refractivity contribution in [1.29, 1.82) is 0 Å². The van der Waals surface area contributed by atoms with Crippen LogP contribution in [0.5, 0.6) is 0 Å². The topological polar surface area (TPSA) is 95.5 Å². The molecule has 0 aliphatic heterocycles. The molecule has 0 rings (SSSR count). The molecule has 0 aliphatic rings. The van der Waals surface area contributed by atoms with Crippen molar-refractivity contribution in [2.75, 3.05) is 25.1 Å². The minimum Gasteiger partial charge on any atom is -0.480 e. The quantitative estimate of drug-likeness (QED) is 0.509. The molecule has 3 N–H and O–H groups in total. The normalized spacial score (nSPS) is 11.8. The van der Waals surface area contributed by atoms with Gasteiger partial charge in [-0.2, -0.15) is 0 Å². The van der Waals surface area contributed by atoms with Gasteiger partial charge in [0.25, 0.3) is 0 Å². The Bertz CT molecular complexity index is 232. The highest BCUT2D eigenvalue weighted by molar-refractivity contribution is 7.84. The first-order valence-corrected chi connectivity index (χ1v) is 5.78. The number of carbonyl (C=O) groups excluding carboxylic acids is 1. The number of nitrogens with one attached hydrogen (secondary N) is 2. The molecule has 14 heavy (non-hydrogen) atoms. The molecule has 0 saturated carbocycles. The molecular formula is C7H14N2O4S. The minimum absolute atomic E-state index is 0.394. The van der Waals surface area contributed by atoms with E-state index in [0.717, 1.165) is 0 Å². The van der Waals surface area contributed by atoms with Crippen LogP contribution in [0.3, 0.4) is 0 Å². The molecule has 0 aliphatic carbocycles. The SMILES string of the molecule is CS(=O)CCCNC(=O)NCC(=O)O. The highest BCUT2D eigenvalue weighted by Gasteiger charge is 2.01. The molecule has 0 aromatic heterocycles. The third-order valence-corrected chi connectivity index (χ3v) is 2.16. The zero-order valence-electron chi connectivity index (χ0n) is 7.91. The number of hydrogen-bond acceptors (Lipinski definition) is 3. The average molecular weight is 222 g/mol. The van der Waals surface area contributed by atoms with E-state index in [9.17, 15) is 13.8 Å². The number of amides is 2. The average Bonchev–Trinajstić information content (AvgIpc) is 2.08. The predicted octanol–water partition coefficient (Wildman–Crippen LogP) is -0.861.